The Kier molecular flexibility index (Phi) is 4.98. The van der Waals surface area contributed by atoms with Gasteiger partial charge in [-0.15, -0.1) is 0 Å². The van der Waals surface area contributed by atoms with Gasteiger partial charge in [0.05, 0.1) is 0 Å². The van der Waals surface area contributed by atoms with E-state index in [1.54, 1.807) is 6.07 Å². The van der Waals surface area contributed by atoms with Crippen molar-refractivity contribution in [2.24, 2.45) is 0 Å². The summed E-state index contributed by atoms with van der Waals surface area (Å²) in [5, 5.41) is 18.8. The minimum atomic E-state index is -0.779. The fraction of sp³-hybridized carbons (Fsp3) is 0.160. The number of carboxylic acid groups (broad SMARTS) is 1. The van der Waals surface area contributed by atoms with Crippen molar-refractivity contribution in [3.05, 3.63) is 101 Å². The van der Waals surface area contributed by atoms with Crippen LogP contribution in [0.4, 0.5) is 0 Å². The van der Waals surface area contributed by atoms with E-state index in [0.717, 1.165) is 35.1 Å². The van der Waals surface area contributed by atoms with Crippen molar-refractivity contribution in [1.82, 2.24) is 0 Å². The Hall–Kier alpha value is -3.33. The predicted molar refractivity (Wildman–Crippen MR) is 111 cm³/mol. The van der Waals surface area contributed by atoms with Gasteiger partial charge in [0.25, 0.3) is 0 Å². The lowest BCUT2D eigenvalue weighted by atomic mass is 9.79. The molecule has 28 heavy (non-hydrogen) atoms. The van der Waals surface area contributed by atoms with Gasteiger partial charge in [-0.05, 0) is 70.4 Å². The van der Waals surface area contributed by atoms with Crippen LogP contribution in [0.3, 0.4) is 0 Å². The Morgan fingerprint density at radius 2 is 1.61 bits per heavy atom. The third-order valence-electron chi connectivity index (χ3n) is 5.30. The molecular formula is C25H22O3. The van der Waals surface area contributed by atoms with Crippen LogP contribution in [0, 0.1) is 0 Å². The Bertz CT molecular complexity index is 1030. The van der Waals surface area contributed by atoms with Gasteiger partial charge >= 0.3 is 5.97 Å². The van der Waals surface area contributed by atoms with Crippen molar-refractivity contribution in [2.75, 3.05) is 0 Å². The molecule has 3 heteroatoms. The zero-order chi connectivity index (χ0) is 19.5. The summed E-state index contributed by atoms with van der Waals surface area (Å²) in [6.45, 7) is 0. The van der Waals surface area contributed by atoms with Crippen LogP contribution >= 0.6 is 0 Å². The third-order valence-corrected chi connectivity index (χ3v) is 5.30. The minimum Gasteiger partial charge on any atom is -0.508 e. The van der Waals surface area contributed by atoms with E-state index < -0.39 is 5.97 Å². The monoisotopic (exact) mass is 370 g/mol. The summed E-state index contributed by atoms with van der Waals surface area (Å²) in [4.78, 5) is 10.8. The fourth-order valence-corrected chi connectivity index (χ4v) is 3.93. The zero-order valence-electron chi connectivity index (χ0n) is 15.6. The van der Waals surface area contributed by atoms with Gasteiger partial charge in [-0.2, -0.15) is 0 Å². The molecule has 2 N–H and O–H groups in total. The normalized spacial score (nSPS) is 13.3. The number of rotatable bonds is 5. The molecule has 0 aliphatic heterocycles. The number of carbonyl (C=O) groups is 1. The Balaban J connectivity index is 1.81. The van der Waals surface area contributed by atoms with E-state index in [1.165, 1.54) is 16.7 Å². The zero-order valence-corrected chi connectivity index (χ0v) is 15.6. The second-order valence-electron chi connectivity index (χ2n) is 7.15. The van der Waals surface area contributed by atoms with E-state index in [1.807, 2.05) is 30.3 Å². The molecule has 3 nitrogen and oxygen atoms in total. The second kappa shape index (κ2) is 7.73. The van der Waals surface area contributed by atoms with Gasteiger partial charge in [-0.25, -0.2) is 0 Å². The number of phenols is 1. The van der Waals surface area contributed by atoms with Gasteiger partial charge in [-0.1, -0.05) is 60.7 Å². The highest BCUT2D eigenvalue weighted by Crippen LogP contribution is 2.41. The van der Waals surface area contributed by atoms with Crippen molar-refractivity contribution in [3.8, 4) is 5.75 Å². The first-order valence-electron chi connectivity index (χ1n) is 9.54. The van der Waals surface area contributed by atoms with Crippen molar-refractivity contribution in [3.63, 3.8) is 0 Å². The first-order valence-corrected chi connectivity index (χ1v) is 9.54. The Labute approximate surface area is 164 Å². The number of benzene rings is 3. The second-order valence-corrected chi connectivity index (χ2v) is 7.15. The number of aromatic hydroxyl groups is 1. The number of carboxylic acids is 1. The molecule has 0 saturated heterocycles. The Morgan fingerprint density at radius 3 is 2.32 bits per heavy atom. The molecule has 0 aromatic heterocycles. The molecule has 4 rings (SSSR count). The van der Waals surface area contributed by atoms with Gasteiger partial charge in [0.1, 0.15) is 5.75 Å². The van der Waals surface area contributed by atoms with Gasteiger partial charge in [0, 0.05) is 6.42 Å². The summed E-state index contributed by atoms with van der Waals surface area (Å²) in [7, 11) is 0. The average molecular weight is 370 g/mol. The summed E-state index contributed by atoms with van der Waals surface area (Å²) >= 11 is 0. The largest absolute Gasteiger partial charge is 0.508 e. The van der Waals surface area contributed by atoms with Crippen LogP contribution in [0.2, 0.25) is 0 Å². The lowest BCUT2D eigenvalue weighted by Gasteiger charge is -2.25. The molecule has 0 heterocycles. The highest BCUT2D eigenvalue weighted by molar-refractivity contribution is 6.00. The summed E-state index contributed by atoms with van der Waals surface area (Å²) < 4.78 is 0. The molecule has 0 radical (unpaired) electrons. The summed E-state index contributed by atoms with van der Waals surface area (Å²) in [6.07, 6.45) is 2.48. The van der Waals surface area contributed by atoms with Gasteiger partial charge in [-0.3, -0.25) is 4.79 Å². The maximum absolute atomic E-state index is 10.8. The molecule has 0 bridgehead atoms. The SMILES string of the molecule is O=C(O)CCc1ccc(C2=C(c3ccccc3)CCc3cc(O)ccc32)cc1. The first kappa shape index (κ1) is 18.1. The van der Waals surface area contributed by atoms with Crippen LogP contribution in [0.25, 0.3) is 11.1 Å². The van der Waals surface area contributed by atoms with Gasteiger partial charge in [0.15, 0.2) is 0 Å². The van der Waals surface area contributed by atoms with Crippen molar-refractivity contribution in [2.45, 2.75) is 25.7 Å². The van der Waals surface area contributed by atoms with E-state index in [2.05, 4.69) is 36.4 Å². The van der Waals surface area contributed by atoms with Crippen LogP contribution < -0.4 is 0 Å². The molecule has 1 aliphatic rings. The van der Waals surface area contributed by atoms with E-state index in [-0.39, 0.29) is 6.42 Å². The van der Waals surface area contributed by atoms with E-state index in [9.17, 15) is 9.90 Å². The standard InChI is InChI=1S/C25H22O3/c26-21-12-14-23-20(16-21)11-13-22(18-4-2-1-3-5-18)25(23)19-9-6-17(7-10-19)8-15-24(27)28/h1-7,9-10,12,14,16,26H,8,11,13,15H2,(H,27,28). The number of fused-ring (bicyclic) bond motifs is 1. The number of phenolic OH excluding ortho intramolecular Hbond substituents is 1. The predicted octanol–water partition coefficient (Wildman–Crippen LogP) is 5.31. The first-order chi connectivity index (χ1) is 13.6. The summed E-state index contributed by atoms with van der Waals surface area (Å²) in [5.74, 6) is -0.482. The molecule has 3 aromatic rings. The molecule has 0 amide bonds. The summed E-state index contributed by atoms with van der Waals surface area (Å²) in [6, 6.07) is 24.2. The molecule has 3 aromatic carbocycles. The van der Waals surface area contributed by atoms with Crippen molar-refractivity contribution < 1.29 is 15.0 Å². The van der Waals surface area contributed by atoms with Gasteiger partial charge < -0.3 is 10.2 Å². The van der Waals surface area contributed by atoms with Crippen LogP contribution in [0.5, 0.6) is 5.75 Å². The van der Waals surface area contributed by atoms with E-state index in [0.29, 0.717) is 12.2 Å². The number of aryl methyl sites for hydroxylation is 2. The molecule has 140 valence electrons. The van der Waals surface area contributed by atoms with Crippen LogP contribution in [-0.4, -0.2) is 16.2 Å². The smallest absolute Gasteiger partial charge is 0.303 e. The Morgan fingerprint density at radius 1 is 0.857 bits per heavy atom. The third kappa shape index (κ3) is 3.70. The highest BCUT2D eigenvalue weighted by Gasteiger charge is 2.21. The van der Waals surface area contributed by atoms with Crippen LogP contribution in [-0.2, 0) is 17.6 Å². The molecule has 0 spiro atoms. The van der Waals surface area contributed by atoms with E-state index >= 15 is 0 Å². The molecule has 0 unspecified atom stereocenters. The summed E-state index contributed by atoms with van der Waals surface area (Å²) in [5.41, 5.74) is 8.16. The molecular weight excluding hydrogens is 348 g/mol. The quantitative estimate of drug-likeness (QED) is 0.639. The topological polar surface area (TPSA) is 57.5 Å². The van der Waals surface area contributed by atoms with Crippen molar-refractivity contribution >= 4 is 17.1 Å². The van der Waals surface area contributed by atoms with Crippen molar-refractivity contribution in [1.29, 1.82) is 0 Å². The maximum Gasteiger partial charge on any atom is 0.303 e. The molecule has 0 atom stereocenters. The number of hydrogen-bond donors (Lipinski definition) is 2. The number of hydrogen-bond acceptors (Lipinski definition) is 2. The molecule has 1 aliphatic carbocycles. The van der Waals surface area contributed by atoms with Crippen LogP contribution in [0.1, 0.15) is 40.7 Å². The van der Waals surface area contributed by atoms with Crippen LogP contribution in [0.15, 0.2) is 72.8 Å². The lowest BCUT2D eigenvalue weighted by Crippen LogP contribution is -2.06. The minimum absolute atomic E-state index is 0.138. The number of allylic oxidation sites excluding steroid dienone is 1. The molecule has 0 saturated carbocycles. The maximum atomic E-state index is 10.8. The van der Waals surface area contributed by atoms with Gasteiger partial charge in [0.2, 0.25) is 0 Å². The highest BCUT2D eigenvalue weighted by atomic mass is 16.4. The lowest BCUT2D eigenvalue weighted by molar-refractivity contribution is -0.136. The fourth-order valence-electron chi connectivity index (χ4n) is 3.93. The number of aliphatic carboxylic acids is 1. The average Bonchev–Trinajstić information content (AvgIpc) is 2.72. The van der Waals surface area contributed by atoms with E-state index in [4.69, 9.17) is 5.11 Å². The molecule has 0 fully saturated rings.